The molecule has 0 heterocycles. The van der Waals surface area contributed by atoms with Crippen LogP contribution in [0.1, 0.15) is 48.7 Å². The highest BCUT2D eigenvalue weighted by molar-refractivity contribution is 5.94. The largest absolute Gasteiger partial charge is 0.469 e. The minimum Gasteiger partial charge on any atom is -0.469 e. The van der Waals surface area contributed by atoms with E-state index in [-0.39, 0.29) is 23.7 Å². The van der Waals surface area contributed by atoms with Gasteiger partial charge in [0.15, 0.2) is 0 Å². The van der Waals surface area contributed by atoms with Crippen molar-refractivity contribution >= 4 is 11.9 Å². The molecule has 0 aliphatic heterocycles. The van der Waals surface area contributed by atoms with Gasteiger partial charge in [-0.1, -0.05) is 63.2 Å². The molecule has 2 rings (SSSR count). The monoisotopic (exact) mass is 353 g/mol. The molecule has 2 aromatic rings. The summed E-state index contributed by atoms with van der Waals surface area (Å²) in [6, 6.07) is 17.5. The molecular weight excluding hydrogens is 326 g/mol. The number of carbonyl (C=O) groups excluding carboxylic acids is 2. The van der Waals surface area contributed by atoms with Crippen molar-refractivity contribution in [1.82, 2.24) is 4.90 Å². The molecule has 0 aromatic heterocycles. The molecule has 4 nitrogen and oxygen atoms in total. The van der Waals surface area contributed by atoms with Crippen LogP contribution in [0.4, 0.5) is 0 Å². The van der Waals surface area contributed by atoms with Crippen LogP contribution in [0, 0.1) is 0 Å². The second-order valence-corrected chi connectivity index (χ2v) is 7.37. The normalized spacial score (nSPS) is 11.1. The number of esters is 1. The zero-order valence-corrected chi connectivity index (χ0v) is 16.0. The first-order chi connectivity index (χ1) is 12.3. The van der Waals surface area contributed by atoms with Crippen LogP contribution in [0.25, 0.3) is 0 Å². The maximum atomic E-state index is 13.0. The molecule has 0 fully saturated rings. The van der Waals surface area contributed by atoms with Crippen LogP contribution in [0.15, 0.2) is 54.6 Å². The molecule has 1 amide bonds. The highest BCUT2D eigenvalue weighted by atomic mass is 16.5. The standard InChI is InChI=1S/C22H27NO3/c1-22(2,3)19-12-10-18(11-13-19)21(25)23(15-14-20(24)26-4)16-17-8-6-5-7-9-17/h5-13H,14-16H2,1-4H3. The Morgan fingerprint density at radius 3 is 2.12 bits per heavy atom. The van der Waals surface area contributed by atoms with Gasteiger partial charge in [0.05, 0.1) is 13.5 Å². The fraction of sp³-hybridized carbons (Fsp3) is 0.364. The number of methoxy groups -OCH3 is 1. The number of ether oxygens (including phenoxy) is 1. The van der Waals surface area contributed by atoms with Crippen LogP contribution in [0.5, 0.6) is 0 Å². The number of rotatable bonds is 6. The van der Waals surface area contributed by atoms with Crippen molar-refractivity contribution in [2.75, 3.05) is 13.7 Å². The molecule has 0 aliphatic rings. The highest BCUT2D eigenvalue weighted by Crippen LogP contribution is 2.22. The van der Waals surface area contributed by atoms with Gasteiger partial charge in [-0.25, -0.2) is 0 Å². The molecule has 0 radical (unpaired) electrons. The van der Waals surface area contributed by atoms with E-state index < -0.39 is 0 Å². The predicted molar refractivity (Wildman–Crippen MR) is 103 cm³/mol. The Kier molecular flexibility index (Phi) is 6.56. The molecule has 26 heavy (non-hydrogen) atoms. The Balaban J connectivity index is 2.19. The van der Waals surface area contributed by atoms with E-state index >= 15 is 0 Å². The number of hydrogen-bond donors (Lipinski definition) is 0. The molecule has 0 aliphatic carbocycles. The molecule has 0 unspecified atom stereocenters. The predicted octanol–water partition coefficient (Wildman–Crippen LogP) is 4.19. The van der Waals surface area contributed by atoms with Gasteiger partial charge < -0.3 is 9.64 Å². The molecule has 138 valence electrons. The summed E-state index contributed by atoms with van der Waals surface area (Å²) in [4.78, 5) is 26.2. The third kappa shape index (κ3) is 5.45. The number of benzene rings is 2. The number of amides is 1. The average Bonchev–Trinajstić information content (AvgIpc) is 2.64. The summed E-state index contributed by atoms with van der Waals surface area (Å²) in [5.74, 6) is -0.405. The molecule has 2 aromatic carbocycles. The molecule has 0 bridgehead atoms. The van der Waals surface area contributed by atoms with Crippen molar-refractivity contribution in [2.24, 2.45) is 0 Å². The maximum Gasteiger partial charge on any atom is 0.307 e. The third-order valence-corrected chi connectivity index (χ3v) is 4.31. The Morgan fingerprint density at radius 2 is 1.58 bits per heavy atom. The zero-order chi connectivity index (χ0) is 19.2. The summed E-state index contributed by atoms with van der Waals surface area (Å²) in [5, 5.41) is 0. The van der Waals surface area contributed by atoms with Gasteiger partial charge in [0, 0.05) is 18.7 Å². The summed E-state index contributed by atoms with van der Waals surface area (Å²) in [7, 11) is 1.36. The van der Waals surface area contributed by atoms with Gasteiger partial charge in [-0.2, -0.15) is 0 Å². The minimum atomic E-state index is -0.320. The van der Waals surface area contributed by atoms with Crippen molar-refractivity contribution in [3.8, 4) is 0 Å². The highest BCUT2D eigenvalue weighted by Gasteiger charge is 2.19. The Labute approximate surface area is 155 Å². The smallest absolute Gasteiger partial charge is 0.307 e. The molecule has 0 atom stereocenters. The lowest BCUT2D eigenvalue weighted by Crippen LogP contribution is -2.32. The van der Waals surface area contributed by atoms with E-state index in [9.17, 15) is 9.59 Å². The number of nitrogens with zero attached hydrogens (tertiary/aromatic N) is 1. The van der Waals surface area contributed by atoms with Crippen LogP contribution in [-0.2, 0) is 21.5 Å². The van der Waals surface area contributed by atoms with Crippen molar-refractivity contribution < 1.29 is 14.3 Å². The van der Waals surface area contributed by atoms with Gasteiger partial charge >= 0.3 is 5.97 Å². The summed E-state index contributed by atoms with van der Waals surface area (Å²) < 4.78 is 4.71. The van der Waals surface area contributed by atoms with Gasteiger partial charge in [-0.3, -0.25) is 9.59 Å². The van der Waals surface area contributed by atoms with Crippen molar-refractivity contribution in [1.29, 1.82) is 0 Å². The molecule has 0 saturated heterocycles. The summed E-state index contributed by atoms with van der Waals surface area (Å²) in [5.41, 5.74) is 2.87. The fourth-order valence-electron chi connectivity index (χ4n) is 2.68. The van der Waals surface area contributed by atoms with Crippen molar-refractivity contribution in [2.45, 2.75) is 39.2 Å². The first kappa shape index (κ1) is 19.7. The van der Waals surface area contributed by atoms with E-state index in [0.29, 0.717) is 18.7 Å². The van der Waals surface area contributed by atoms with Crippen LogP contribution in [-0.4, -0.2) is 30.4 Å². The first-order valence-electron chi connectivity index (χ1n) is 8.82. The maximum absolute atomic E-state index is 13.0. The fourth-order valence-corrected chi connectivity index (χ4v) is 2.68. The molecule has 0 saturated carbocycles. The van der Waals surface area contributed by atoms with Gasteiger partial charge in [-0.15, -0.1) is 0 Å². The van der Waals surface area contributed by atoms with E-state index in [2.05, 4.69) is 20.8 Å². The van der Waals surface area contributed by atoms with E-state index in [1.165, 1.54) is 12.7 Å². The molecule has 0 spiro atoms. The van der Waals surface area contributed by atoms with Gasteiger partial charge in [-0.05, 0) is 28.7 Å². The second kappa shape index (κ2) is 8.65. The lowest BCUT2D eigenvalue weighted by molar-refractivity contribution is -0.140. The van der Waals surface area contributed by atoms with Gasteiger partial charge in [0.25, 0.3) is 5.91 Å². The summed E-state index contributed by atoms with van der Waals surface area (Å²) >= 11 is 0. The van der Waals surface area contributed by atoms with Gasteiger partial charge in [0.2, 0.25) is 0 Å². The first-order valence-corrected chi connectivity index (χ1v) is 8.82. The lowest BCUT2D eigenvalue weighted by Gasteiger charge is -2.24. The second-order valence-electron chi connectivity index (χ2n) is 7.37. The molecule has 4 heteroatoms. The average molecular weight is 353 g/mol. The lowest BCUT2D eigenvalue weighted by atomic mass is 9.86. The zero-order valence-electron chi connectivity index (χ0n) is 16.0. The number of hydrogen-bond acceptors (Lipinski definition) is 3. The quantitative estimate of drug-likeness (QED) is 0.732. The Hall–Kier alpha value is -2.62. The van der Waals surface area contributed by atoms with E-state index in [1.807, 2.05) is 54.6 Å². The Morgan fingerprint density at radius 1 is 0.962 bits per heavy atom. The van der Waals surface area contributed by atoms with E-state index in [0.717, 1.165) is 5.56 Å². The van der Waals surface area contributed by atoms with Crippen LogP contribution in [0.3, 0.4) is 0 Å². The Bertz CT molecular complexity index is 730. The van der Waals surface area contributed by atoms with E-state index in [4.69, 9.17) is 4.74 Å². The van der Waals surface area contributed by atoms with Gasteiger partial charge in [0.1, 0.15) is 0 Å². The van der Waals surface area contributed by atoms with Crippen LogP contribution in [0.2, 0.25) is 0 Å². The van der Waals surface area contributed by atoms with Crippen molar-refractivity contribution in [3.05, 3.63) is 71.3 Å². The van der Waals surface area contributed by atoms with Crippen molar-refractivity contribution in [3.63, 3.8) is 0 Å². The topological polar surface area (TPSA) is 46.6 Å². The molecular formula is C22H27NO3. The minimum absolute atomic E-state index is 0.0379. The van der Waals surface area contributed by atoms with Crippen LogP contribution >= 0.6 is 0 Å². The summed E-state index contributed by atoms with van der Waals surface area (Å²) in [6.07, 6.45) is 0.176. The van der Waals surface area contributed by atoms with E-state index in [1.54, 1.807) is 4.90 Å². The molecule has 0 N–H and O–H groups in total. The third-order valence-electron chi connectivity index (χ3n) is 4.31. The SMILES string of the molecule is COC(=O)CCN(Cc1ccccc1)C(=O)c1ccc(C(C)(C)C)cc1. The number of carbonyl (C=O) groups is 2. The van der Waals surface area contributed by atoms with Crippen LogP contribution < -0.4 is 0 Å². The summed E-state index contributed by atoms with van der Waals surface area (Å²) in [6.45, 7) is 7.20.